The SMILES string of the molecule is NC(=NCC(=O)O)Nc1nc2ccccc2o1. The number of oxazole rings is 1. The van der Waals surface area contributed by atoms with Crippen LogP contribution in [0.2, 0.25) is 0 Å². The molecule has 0 bridgehead atoms. The number of hydrogen-bond acceptors (Lipinski definition) is 4. The van der Waals surface area contributed by atoms with Gasteiger partial charge in [0.1, 0.15) is 12.1 Å². The summed E-state index contributed by atoms with van der Waals surface area (Å²) < 4.78 is 5.32. The predicted octanol–water partition coefficient (Wildman–Crippen LogP) is 0.639. The lowest BCUT2D eigenvalue weighted by Gasteiger charge is -1.98. The highest BCUT2D eigenvalue weighted by atomic mass is 16.4. The molecule has 0 saturated carbocycles. The van der Waals surface area contributed by atoms with Gasteiger partial charge in [-0.15, -0.1) is 0 Å². The second-order valence-corrected chi connectivity index (χ2v) is 3.21. The number of carboxylic acids is 1. The number of hydrogen-bond donors (Lipinski definition) is 3. The quantitative estimate of drug-likeness (QED) is 0.530. The van der Waals surface area contributed by atoms with Crippen LogP contribution < -0.4 is 11.1 Å². The fourth-order valence-corrected chi connectivity index (χ4v) is 1.23. The molecule has 0 fully saturated rings. The third-order valence-corrected chi connectivity index (χ3v) is 1.91. The number of nitrogens with one attached hydrogen (secondary N) is 1. The molecule has 17 heavy (non-hydrogen) atoms. The lowest BCUT2D eigenvalue weighted by molar-refractivity contribution is -0.135. The number of carboxylic acid groups (broad SMARTS) is 1. The highest BCUT2D eigenvalue weighted by Gasteiger charge is 2.05. The van der Waals surface area contributed by atoms with Crippen LogP contribution in [0.4, 0.5) is 6.01 Å². The molecule has 0 aliphatic rings. The van der Waals surface area contributed by atoms with E-state index in [4.69, 9.17) is 15.3 Å². The first kappa shape index (κ1) is 10.9. The number of aliphatic carboxylic acids is 1. The van der Waals surface area contributed by atoms with E-state index in [1.165, 1.54) is 0 Å². The second kappa shape index (κ2) is 4.52. The molecule has 7 nitrogen and oxygen atoms in total. The first-order valence-electron chi connectivity index (χ1n) is 4.79. The van der Waals surface area contributed by atoms with Crippen molar-refractivity contribution in [2.24, 2.45) is 10.7 Å². The maximum absolute atomic E-state index is 10.3. The molecule has 0 aliphatic carbocycles. The van der Waals surface area contributed by atoms with Crippen LogP contribution in [0.1, 0.15) is 0 Å². The third kappa shape index (κ3) is 2.71. The van der Waals surface area contributed by atoms with Crippen molar-refractivity contribution in [3.8, 4) is 0 Å². The zero-order chi connectivity index (χ0) is 12.3. The molecule has 0 saturated heterocycles. The molecule has 4 N–H and O–H groups in total. The van der Waals surface area contributed by atoms with Gasteiger partial charge in [0.05, 0.1) is 0 Å². The first-order valence-corrected chi connectivity index (χ1v) is 4.79. The molecule has 0 unspecified atom stereocenters. The van der Waals surface area contributed by atoms with Crippen LogP contribution in [0.15, 0.2) is 33.7 Å². The summed E-state index contributed by atoms with van der Waals surface area (Å²) >= 11 is 0. The van der Waals surface area contributed by atoms with Gasteiger partial charge in [-0.3, -0.25) is 10.1 Å². The van der Waals surface area contributed by atoms with Gasteiger partial charge in [-0.1, -0.05) is 12.1 Å². The van der Waals surface area contributed by atoms with Crippen molar-refractivity contribution < 1.29 is 14.3 Å². The Labute approximate surface area is 96.0 Å². The van der Waals surface area contributed by atoms with Gasteiger partial charge in [0, 0.05) is 0 Å². The predicted molar refractivity (Wildman–Crippen MR) is 61.8 cm³/mol. The maximum Gasteiger partial charge on any atom is 0.325 e. The van der Waals surface area contributed by atoms with Gasteiger partial charge in [-0.25, -0.2) is 4.99 Å². The summed E-state index contributed by atoms with van der Waals surface area (Å²) in [5.74, 6) is -1.12. The Balaban J connectivity index is 2.13. The Morgan fingerprint density at radius 3 is 3.00 bits per heavy atom. The number of nitrogens with zero attached hydrogens (tertiary/aromatic N) is 2. The molecule has 7 heteroatoms. The van der Waals surface area contributed by atoms with E-state index in [0.29, 0.717) is 11.1 Å². The summed E-state index contributed by atoms with van der Waals surface area (Å²) in [6.45, 7) is -0.404. The van der Waals surface area contributed by atoms with Gasteiger partial charge in [0.2, 0.25) is 0 Å². The van der Waals surface area contributed by atoms with E-state index in [1.807, 2.05) is 12.1 Å². The van der Waals surface area contributed by atoms with Gasteiger partial charge in [0.15, 0.2) is 11.5 Å². The van der Waals surface area contributed by atoms with E-state index < -0.39 is 12.5 Å². The van der Waals surface area contributed by atoms with Crippen LogP contribution in [-0.4, -0.2) is 28.6 Å². The van der Waals surface area contributed by atoms with Gasteiger partial charge in [-0.05, 0) is 12.1 Å². The van der Waals surface area contributed by atoms with Crippen LogP contribution in [0.3, 0.4) is 0 Å². The summed E-state index contributed by atoms with van der Waals surface area (Å²) in [5, 5.41) is 11.0. The molecule has 2 rings (SSSR count). The number of aromatic nitrogens is 1. The molecule has 0 radical (unpaired) electrons. The number of para-hydroxylation sites is 2. The topological polar surface area (TPSA) is 114 Å². The van der Waals surface area contributed by atoms with E-state index in [9.17, 15) is 4.79 Å². The van der Waals surface area contributed by atoms with Crippen LogP contribution in [0.25, 0.3) is 11.1 Å². The van der Waals surface area contributed by atoms with Crippen molar-refractivity contribution in [3.05, 3.63) is 24.3 Å². The average molecular weight is 234 g/mol. The zero-order valence-corrected chi connectivity index (χ0v) is 8.75. The molecule has 0 aliphatic heterocycles. The number of guanidine groups is 1. The van der Waals surface area contributed by atoms with Crippen molar-refractivity contribution in [1.29, 1.82) is 0 Å². The van der Waals surface area contributed by atoms with Crippen molar-refractivity contribution >= 4 is 29.0 Å². The van der Waals surface area contributed by atoms with Crippen LogP contribution >= 0.6 is 0 Å². The minimum absolute atomic E-state index is 0.0565. The smallest absolute Gasteiger partial charge is 0.325 e. The largest absolute Gasteiger partial charge is 0.480 e. The summed E-state index contributed by atoms with van der Waals surface area (Å²) in [7, 11) is 0. The Kier molecular flexibility index (Phi) is 2.91. The minimum Gasteiger partial charge on any atom is -0.480 e. The second-order valence-electron chi connectivity index (χ2n) is 3.21. The van der Waals surface area contributed by atoms with E-state index in [1.54, 1.807) is 12.1 Å². The summed E-state index contributed by atoms with van der Waals surface area (Å²) in [6, 6.07) is 7.38. The Morgan fingerprint density at radius 2 is 2.29 bits per heavy atom. The van der Waals surface area contributed by atoms with Crippen LogP contribution in [0, 0.1) is 0 Å². The van der Waals surface area contributed by atoms with Gasteiger partial charge < -0.3 is 15.3 Å². The molecule has 1 aromatic heterocycles. The monoisotopic (exact) mass is 234 g/mol. The fraction of sp³-hybridized carbons (Fsp3) is 0.100. The number of nitrogens with two attached hydrogens (primary N) is 1. The van der Waals surface area contributed by atoms with Crippen molar-refractivity contribution in [3.63, 3.8) is 0 Å². The van der Waals surface area contributed by atoms with Crippen LogP contribution in [0.5, 0.6) is 0 Å². The van der Waals surface area contributed by atoms with Crippen LogP contribution in [-0.2, 0) is 4.79 Å². The van der Waals surface area contributed by atoms with Gasteiger partial charge >= 0.3 is 12.0 Å². The van der Waals surface area contributed by atoms with E-state index in [2.05, 4.69) is 15.3 Å². The van der Waals surface area contributed by atoms with Gasteiger partial charge in [-0.2, -0.15) is 4.98 Å². The molecular weight excluding hydrogens is 224 g/mol. The average Bonchev–Trinajstić information content (AvgIpc) is 2.68. The van der Waals surface area contributed by atoms with Crippen molar-refractivity contribution in [2.75, 3.05) is 11.9 Å². The molecule has 88 valence electrons. The highest BCUT2D eigenvalue weighted by molar-refractivity contribution is 5.92. The third-order valence-electron chi connectivity index (χ3n) is 1.91. The number of anilines is 1. The first-order chi connectivity index (χ1) is 8.15. The van der Waals surface area contributed by atoms with E-state index >= 15 is 0 Å². The molecular formula is C10H10N4O3. The number of fused-ring (bicyclic) bond motifs is 1. The normalized spacial score (nSPS) is 11.6. The number of rotatable bonds is 3. The standard InChI is InChI=1S/C10H10N4O3/c11-9(12-5-8(15)16)14-10-13-6-3-1-2-4-7(6)17-10/h1-4H,5H2,(H,15,16)(H3,11,12,13,14). The van der Waals surface area contributed by atoms with Crippen molar-refractivity contribution in [1.82, 2.24) is 4.98 Å². The number of carbonyl (C=O) groups is 1. The maximum atomic E-state index is 10.3. The molecule has 1 aromatic carbocycles. The molecule has 1 heterocycles. The van der Waals surface area contributed by atoms with Crippen molar-refractivity contribution in [2.45, 2.75) is 0 Å². The Morgan fingerprint density at radius 1 is 1.53 bits per heavy atom. The zero-order valence-electron chi connectivity index (χ0n) is 8.75. The summed E-state index contributed by atoms with van der Waals surface area (Å²) in [6.07, 6.45) is 0. The molecule has 0 spiro atoms. The number of aliphatic imine (C=N–C) groups is 1. The molecule has 0 atom stereocenters. The highest BCUT2D eigenvalue weighted by Crippen LogP contribution is 2.17. The Bertz CT molecular complexity index is 543. The summed E-state index contributed by atoms with van der Waals surface area (Å²) in [4.78, 5) is 17.9. The van der Waals surface area contributed by atoms with E-state index in [0.717, 1.165) is 0 Å². The Hall–Kier alpha value is -2.57. The molecule has 0 amide bonds. The minimum atomic E-state index is -1.06. The summed E-state index contributed by atoms with van der Waals surface area (Å²) in [5.41, 5.74) is 6.74. The lowest BCUT2D eigenvalue weighted by Crippen LogP contribution is -2.24. The lowest BCUT2D eigenvalue weighted by atomic mass is 10.3. The fourth-order valence-electron chi connectivity index (χ4n) is 1.23. The molecule has 2 aromatic rings. The van der Waals surface area contributed by atoms with Gasteiger partial charge in [0.25, 0.3) is 0 Å². The van der Waals surface area contributed by atoms with E-state index in [-0.39, 0.29) is 12.0 Å². The number of benzene rings is 1.